The second kappa shape index (κ2) is 9.07. The molecular weight excluding hydrogens is 460 g/mol. The molecule has 0 spiro atoms. The topological polar surface area (TPSA) is 75.7 Å². The van der Waals surface area contributed by atoms with Crippen molar-refractivity contribution in [2.45, 2.75) is 31.4 Å². The fourth-order valence-corrected chi connectivity index (χ4v) is 5.78. The van der Waals surface area contributed by atoms with Crippen LogP contribution in [0.3, 0.4) is 0 Å². The number of hydrogen-bond acceptors (Lipinski definition) is 4. The van der Waals surface area contributed by atoms with Gasteiger partial charge >= 0.3 is 0 Å². The number of carbonyl (C=O) groups excluding carboxylic acids is 1. The largest absolute Gasteiger partial charge is 0.476 e. The second-order valence-electron chi connectivity index (χ2n) is 8.78. The number of nitrogens with zero attached hydrogens (tertiary/aromatic N) is 1. The van der Waals surface area contributed by atoms with Gasteiger partial charge in [0.15, 0.2) is 6.10 Å². The Balaban J connectivity index is 1.43. The Bertz CT molecular complexity index is 1510. The molecule has 0 saturated carbocycles. The summed E-state index contributed by atoms with van der Waals surface area (Å²) in [6.45, 7) is 3.99. The lowest BCUT2D eigenvalue weighted by Crippen LogP contribution is -2.50. The van der Waals surface area contributed by atoms with Crippen LogP contribution in [0.5, 0.6) is 5.75 Å². The molecule has 4 aromatic rings. The van der Waals surface area contributed by atoms with Crippen molar-refractivity contribution in [1.82, 2.24) is 5.32 Å². The van der Waals surface area contributed by atoms with Crippen molar-refractivity contribution in [3.63, 3.8) is 0 Å². The summed E-state index contributed by atoms with van der Waals surface area (Å²) in [4.78, 5) is 13.4. The van der Waals surface area contributed by atoms with Crippen LogP contribution in [0.2, 0.25) is 0 Å². The fraction of sp³-hybridized carbons (Fsp3) is 0.179. The molecule has 35 heavy (non-hydrogen) atoms. The van der Waals surface area contributed by atoms with Crippen LogP contribution in [0.25, 0.3) is 10.8 Å². The van der Waals surface area contributed by atoms with Crippen LogP contribution in [-0.2, 0) is 21.4 Å². The molecule has 0 unspecified atom stereocenters. The first-order chi connectivity index (χ1) is 16.8. The first-order valence-electron chi connectivity index (χ1n) is 11.4. The molecular formula is C28H26N2O4S. The third-order valence-electron chi connectivity index (χ3n) is 6.22. The van der Waals surface area contributed by atoms with E-state index in [0.717, 1.165) is 27.5 Å². The lowest BCUT2D eigenvalue weighted by atomic mass is 10.0. The van der Waals surface area contributed by atoms with Crippen LogP contribution in [-0.4, -0.2) is 27.0 Å². The minimum absolute atomic E-state index is 0.117. The number of anilines is 1. The number of sulfonamides is 1. The summed E-state index contributed by atoms with van der Waals surface area (Å²) >= 11 is 0. The van der Waals surface area contributed by atoms with E-state index < -0.39 is 16.1 Å². The van der Waals surface area contributed by atoms with E-state index in [1.807, 2.05) is 62.4 Å². The molecule has 0 aliphatic carbocycles. The minimum Gasteiger partial charge on any atom is -0.476 e. The molecule has 6 nitrogen and oxygen atoms in total. The highest BCUT2D eigenvalue weighted by Crippen LogP contribution is 2.37. The van der Waals surface area contributed by atoms with Crippen molar-refractivity contribution in [3.05, 3.63) is 102 Å². The summed E-state index contributed by atoms with van der Waals surface area (Å²) in [5.41, 5.74) is 3.28. The molecule has 5 rings (SSSR count). The standard InChI is InChI=1S/C28H26N2O4S/c1-19-10-13-23(14-11-19)35(32,33)30-18-27(34-26-16-20(2)12-15-25(26)30)28(31)29-17-22-8-5-7-21-6-3-4-9-24(21)22/h3-16,27H,17-18H2,1-2H3,(H,29,31)/t27-/m1/s1. The Morgan fingerprint density at radius 1 is 0.943 bits per heavy atom. The van der Waals surface area contributed by atoms with Crippen molar-refractivity contribution in [2.75, 3.05) is 10.8 Å². The summed E-state index contributed by atoms with van der Waals surface area (Å²) in [7, 11) is -3.89. The molecule has 0 radical (unpaired) electrons. The maximum absolute atomic E-state index is 13.6. The zero-order valence-electron chi connectivity index (χ0n) is 19.6. The van der Waals surface area contributed by atoms with Crippen LogP contribution >= 0.6 is 0 Å². The van der Waals surface area contributed by atoms with Gasteiger partial charge in [-0.25, -0.2) is 8.42 Å². The molecule has 178 valence electrons. The molecule has 0 saturated heterocycles. The Hall–Kier alpha value is -3.84. The number of hydrogen-bond donors (Lipinski definition) is 1. The monoisotopic (exact) mass is 486 g/mol. The van der Waals surface area contributed by atoms with E-state index in [-0.39, 0.29) is 17.3 Å². The zero-order valence-corrected chi connectivity index (χ0v) is 20.4. The van der Waals surface area contributed by atoms with E-state index in [9.17, 15) is 13.2 Å². The van der Waals surface area contributed by atoms with Crippen LogP contribution in [0.1, 0.15) is 16.7 Å². The molecule has 1 N–H and O–H groups in total. The SMILES string of the molecule is Cc1ccc(S(=O)(=O)N2C[C@H](C(=O)NCc3cccc4ccccc34)Oc3cc(C)ccc32)cc1. The van der Waals surface area contributed by atoms with E-state index >= 15 is 0 Å². The Morgan fingerprint density at radius 2 is 1.66 bits per heavy atom. The maximum atomic E-state index is 13.6. The first-order valence-corrected chi connectivity index (χ1v) is 12.9. The predicted octanol–water partition coefficient (Wildman–Crippen LogP) is 4.73. The average molecular weight is 487 g/mol. The van der Waals surface area contributed by atoms with E-state index in [1.165, 1.54) is 4.31 Å². The number of ether oxygens (including phenoxy) is 1. The molecule has 0 fully saturated rings. The van der Waals surface area contributed by atoms with Gasteiger partial charge in [0, 0.05) is 6.54 Å². The van der Waals surface area contributed by atoms with Crippen LogP contribution in [0.4, 0.5) is 5.69 Å². The molecule has 4 aromatic carbocycles. The third-order valence-corrected chi connectivity index (χ3v) is 8.01. The summed E-state index contributed by atoms with van der Waals surface area (Å²) in [6, 6.07) is 25.9. The molecule has 7 heteroatoms. The highest BCUT2D eigenvalue weighted by Gasteiger charge is 2.37. The number of benzene rings is 4. The molecule has 1 aliphatic rings. The van der Waals surface area contributed by atoms with Crippen LogP contribution in [0, 0.1) is 13.8 Å². The van der Waals surface area contributed by atoms with E-state index in [0.29, 0.717) is 18.0 Å². The average Bonchev–Trinajstić information content (AvgIpc) is 2.86. The normalized spacial score (nSPS) is 15.4. The highest BCUT2D eigenvalue weighted by molar-refractivity contribution is 7.92. The van der Waals surface area contributed by atoms with Gasteiger partial charge in [-0.3, -0.25) is 9.10 Å². The van der Waals surface area contributed by atoms with Gasteiger partial charge in [0.25, 0.3) is 15.9 Å². The minimum atomic E-state index is -3.89. The van der Waals surface area contributed by atoms with E-state index in [4.69, 9.17) is 4.74 Å². The van der Waals surface area contributed by atoms with E-state index in [1.54, 1.807) is 36.4 Å². The Labute approximate surface area is 205 Å². The van der Waals surface area contributed by atoms with Gasteiger partial charge in [-0.15, -0.1) is 0 Å². The first kappa shape index (κ1) is 22.9. The van der Waals surface area contributed by atoms with E-state index in [2.05, 4.69) is 5.32 Å². The third kappa shape index (κ3) is 4.47. The Kier molecular flexibility index (Phi) is 5.94. The van der Waals surface area contributed by atoms with Gasteiger partial charge in [-0.1, -0.05) is 66.2 Å². The Morgan fingerprint density at radius 3 is 2.46 bits per heavy atom. The number of nitrogens with one attached hydrogen (secondary N) is 1. The molecule has 0 aromatic heterocycles. The van der Waals surface area contributed by atoms with Gasteiger partial charge in [-0.2, -0.15) is 0 Å². The van der Waals surface area contributed by atoms with Gasteiger partial charge in [-0.05, 0) is 60.0 Å². The van der Waals surface area contributed by atoms with Gasteiger partial charge < -0.3 is 10.1 Å². The summed E-state index contributed by atoms with van der Waals surface area (Å²) in [5.74, 6) is 0.00597. The highest BCUT2D eigenvalue weighted by atomic mass is 32.2. The number of amides is 1. The van der Waals surface area contributed by atoms with Crippen molar-refractivity contribution < 1.29 is 17.9 Å². The number of aryl methyl sites for hydroxylation is 2. The molecule has 0 bridgehead atoms. The number of carbonyl (C=O) groups is 1. The number of fused-ring (bicyclic) bond motifs is 2. The lowest BCUT2D eigenvalue weighted by molar-refractivity contribution is -0.127. The fourth-order valence-electron chi connectivity index (χ4n) is 4.31. The smallest absolute Gasteiger partial charge is 0.264 e. The second-order valence-corrected chi connectivity index (χ2v) is 10.6. The van der Waals surface area contributed by atoms with Crippen LogP contribution < -0.4 is 14.4 Å². The molecule has 1 atom stereocenters. The molecule has 1 amide bonds. The maximum Gasteiger partial charge on any atom is 0.264 e. The molecule has 1 aliphatic heterocycles. The van der Waals surface area contributed by atoms with Crippen molar-refractivity contribution in [3.8, 4) is 5.75 Å². The van der Waals surface area contributed by atoms with Crippen molar-refractivity contribution in [2.24, 2.45) is 0 Å². The van der Waals surface area contributed by atoms with Crippen LogP contribution in [0.15, 0.2) is 89.8 Å². The van der Waals surface area contributed by atoms with Gasteiger partial charge in [0.1, 0.15) is 5.75 Å². The van der Waals surface area contributed by atoms with Gasteiger partial charge in [0.05, 0.1) is 17.1 Å². The summed E-state index contributed by atoms with van der Waals surface area (Å²) in [6.07, 6.45) is -0.987. The van der Waals surface area contributed by atoms with Crippen molar-refractivity contribution in [1.29, 1.82) is 0 Å². The van der Waals surface area contributed by atoms with Crippen molar-refractivity contribution >= 4 is 32.4 Å². The number of rotatable bonds is 5. The quantitative estimate of drug-likeness (QED) is 0.443. The van der Waals surface area contributed by atoms with Gasteiger partial charge in [0.2, 0.25) is 0 Å². The summed E-state index contributed by atoms with van der Waals surface area (Å²) in [5, 5.41) is 5.09. The lowest BCUT2D eigenvalue weighted by Gasteiger charge is -2.35. The summed E-state index contributed by atoms with van der Waals surface area (Å²) < 4.78 is 34.4. The molecule has 1 heterocycles. The zero-order chi connectivity index (χ0) is 24.6. The predicted molar refractivity (Wildman–Crippen MR) is 137 cm³/mol.